The molecule has 1 aromatic heterocycles. The van der Waals surface area contributed by atoms with Gasteiger partial charge in [0.1, 0.15) is 5.75 Å². The lowest BCUT2D eigenvalue weighted by atomic mass is 10.3. The van der Waals surface area contributed by atoms with Crippen LogP contribution in [0.5, 0.6) is 5.75 Å². The fraction of sp³-hybridized carbons (Fsp3) is 0.294. The van der Waals surface area contributed by atoms with E-state index in [-0.39, 0.29) is 23.9 Å². The maximum atomic E-state index is 12.2. The molecular weight excluding hydrogens is 376 g/mol. The van der Waals surface area contributed by atoms with Crippen LogP contribution >= 0.6 is 0 Å². The molecule has 0 aliphatic heterocycles. The van der Waals surface area contributed by atoms with Crippen LogP contribution in [0, 0.1) is 0 Å². The van der Waals surface area contributed by atoms with Gasteiger partial charge in [0.05, 0.1) is 6.61 Å². The van der Waals surface area contributed by atoms with Gasteiger partial charge in [-0.3, -0.25) is 9.59 Å². The second-order valence-corrected chi connectivity index (χ2v) is 7.81. The van der Waals surface area contributed by atoms with Crippen molar-refractivity contribution in [2.45, 2.75) is 17.9 Å². The maximum absolute atomic E-state index is 12.2. The predicted molar refractivity (Wildman–Crippen MR) is 96.3 cm³/mol. The monoisotopic (exact) mass is 396 g/mol. The molecule has 0 fully saturated rings. The minimum atomic E-state index is -3.75. The number of carboxylic acid groups (broad SMARTS) is 1. The second-order valence-electron chi connectivity index (χ2n) is 5.73. The smallest absolute Gasteiger partial charge is 0.303 e. The van der Waals surface area contributed by atoms with Gasteiger partial charge in [0.15, 0.2) is 5.76 Å². The van der Waals surface area contributed by atoms with Crippen LogP contribution in [0.1, 0.15) is 23.4 Å². The summed E-state index contributed by atoms with van der Waals surface area (Å²) in [6.45, 7) is 0.271. The number of rotatable bonds is 9. The first-order valence-electron chi connectivity index (χ1n) is 7.98. The van der Waals surface area contributed by atoms with Gasteiger partial charge in [0, 0.05) is 26.2 Å². The Morgan fingerprint density at radius 2 is 1.81 bits per heavy atom. The highest BCUT2D eigenvalue weighted by Crippen LogP contribution is 2.20. The first kappa shape index (κ1) is 20.5. The van der Waals surface area contributed by atoms with Gasteiger partial charge in [-0.25, -0.2) is 12.7 Å². The van der Waals surface area contributed by atoms with Crippen LogP contribution in [0.2, 0.25) is 0 Å². The van der Waals surface area contributed by atoms with Crippen LogP contribution in [-0.2, 0) is 14.8 Å². The number of nitrogens with one attached hydrogen (secondary N) is 1. The third kappa shape index (κ3) is 5.56. The van der Waals surface area contributed by atoms with E-state index in [1.54, 1.807) is 24.3 Å². The molecule has 27 heavy (non-hydrogen) atoms. The first-order chi connectivity index (χ1) is 12.7. The van der Waals surface area contributed by atoms with E-state index in [9.17, 15) is 18.0 Å². The zero-order valence-electron chi connectivity index (χ0n) is 14.8. The number of aliphatic carboxylic acids is 1. The third-order valence-corrected chi connectivity index (χ3v) is 5.15. The minimum Gasteiger partial charge on any atom is -0.494 e. The Balaban J connectivity index is 1.94. The third-order valence-electron chi connectivity index (χ3n) is 3.46. The van der Waals surface area contributed by atoms with Crippen LogP contribution in [0.15, 0.2) is 45.9 Å². The van der Waals surface area contributed by atoms with E-state index in [4.69, 9.17) is 14.3 Å². The van der Waals surface area contributed by atoms with Crippen molar-refractivity contribution in [1.29, 1.82) is 0 Å². The quantitative estimate of drug-likeness (QED) is 0.621. The number of ether oxygens (including phenoxy) is 1. The molecular formula is C17H20N2O7S. The summed E-state index contributed by atoms with van der Waals surface area (Å²) in [7, 11) is -1.02. The molecule has 1 heterocycles. The second kappa shape index (κ2) is 8.69. The zero-order chi connectivity index (χ0) is 20.0. The van der Waals surface area contributed by atoms with E-state index >= 15 is 0 Å². The Bertz CT molecular complexity index is 902. The van der Waals surface area contributed by atoms with Gasteiger partial charge in [-0.15, -0.1) is 0 Å². The van der Waals surface area contributed by atoms with E-state index < -0.39 is 21.9 Å². The number of furan rings is 1. The Morgan fingerprint density at radius 3 is 2.41 bits per heavy atom. The minimum absolute atomic E-state index is 0.0306. The maximum Gasteiger partial charge on any atom is 0.303 e. The molecule has 2 rings (SSSR count). The highest BCUT2D eigenvalue weighted by molar-refractivity contribution is 7.88. The number of nitrogens with zero attached hydrogens (tertiary/aromatic N) is 1. The van der Waals surface area contributed by atoms with Gasteiger partial charge in [-0.2, -0.15) is 0 Å². The van der Waals surface area contributed by atoms with Crippen molar-refractivity contribution in [2.75, 3.05) is 26.0 Å². The van der Waals surface area contributed by atoms with E-state index in [0.717, 1.165) is 4.31 Å². The number of carboxylic acids is 1. The van der Waals surface area contributed by atoms with Crippen molar-refractivity contribution in [3.63, 3.8) is 0 Å². The molecule has 0 bridgehead atoms. The number of carbonyl (C=O) groups is 2. The van der Waals surface area contributed by atoms with E-state index in [1.807, 2.05) is 0 Å². The van der Waals surface area contributed by atoms with E-state index in [1.165, 1.54) is 26.2 Å². The summed E-state index contributed by atoms with van der Waals surface area (Å²) in [6.07, 6.45) is 0.424. The van der Waals surface area contributed by atoms with Crippen molar-refractivity contribution < 1.29 is 32.3 Å². The van der Waals surface area contributed by atoms with Crippen LogP contribution < -0.4 is 10.1 Å². The lowest BCUT2D eigenvalue weighted by Crippen LogP contribution is -2.21. The lowest BCUT2D eigenvalue weighted by Gasteiger charge is -2.08. The fourth-order valence-electron chi connectivity index (χ4n) is 2.00. The molecule has 2 aromatic rings. The summed E-state index contributed by atoms with van der Waals surface area (Å²) in [5.74, 6) is -1.07. The van der Waals surface area contributed by atoms with Gasteiger partial charge in [0.25, 0.3) is 15.9 Å². The summed E-state index contributed by atoms with van der Waals surface area (Å²) in [6, 6.07) is 8.96. The molecule has 2 N–H and O–H groups in total. The van der Waals surface area contributed by atoms with Crippen LogP contribution in [0.4, 0.5) is 5.69 Å². The van der Waals surface area contributed by atoms with E-state index in [0.29, 0.717) is 17.9 Å². The molecule has 0 unspecified atom stereocenters. The molecule has 0 aliphatic carbocycles. The van der Waals surface area contributed by atoms with Crippen LogP contribution in [0.25, 0.3) is 0 Å². The lowest BCUT2D eigenvalue weighted by molar-refractivity contribution is -0.137. The molecule has 10 heteroatoms. The normalized spacial score (nSPS) is 11.4. The fourth-order valence-corrected chi connectivity index (χ4v) is 2.80. The summed E-state index contributed by atoms with van der Waals surface area (Å²) >= 11 is 0. The number of amides is 1. The molecule has 146 valence electrons. The molecule has 0 radical (unpaired) electrons. The average Bonchev–Trinajstić information content (AvgIpc) is 3.11. The molecule has 0 atom stereocenters. The van der Waals surface area contributed by atoms with Crippen LogP contribution in [0.3, 0.4) is 0 Å². The number of hydrogen-bond donors (Lipinski definition) is 2. The van der Waals surface area contributed by atoms with Crippen molar-refractivity contribution >= 4 is 27.6 Å². The van der Waals surface area contributed by atoms with Gasteiger partial charge >= 0.3 is 5.97 Å². The number of anilines is 1. The van der Waals surface area contributed by atoms with Crippen molar-refractivity contribution in [3.05, 3.63) is 42.2 Å². The van der Waals surface area contributed by atoms with Crippen molar-refractivity contribution in [1.82, 2.24) is 4.31 Å². The number of sulfonamides is 1. The SMILES string of the molecule is CN(C)S(=O)(=O)c1ccc(C(=O)Nc2ccc(OCCCC(=O)O)cc2)o1. The van der Waals surface area contributed by atoms with Gasteiger partial charge in [-0.05, 0) is 42.8 Å². The predicted octanol–water partition coefficient (Wildman–Crippen LogP) is 2.03. The van der Waals surface area contributed by atoms with Crippen LogP contribution in [-0.4, -0.2) is 50.4 Å². The molecule has 0 saturated heterocycles. The van der Waals surface area contributed by atoms with Gasteiger partial charge < -0.3 is 19.6 Å². The molecule has 0 aliphatic rings. The molecule has 0 saturated carbocycles. The first-order valence-corrected chi connectivity index (χ1v) is 9.42. The van der Waals surface area contributed by atoms with E-state index in [2.05, 4.69) is 5.32 Å². The van der Waals surface area contributed by atoms with Crippen molar-refractivity contribution in [3.8, 4) is 5.75 Å². The van der Waals surface area contributed by atoms with Gasteiger partial charge in [-0.1, -0.05) is 0 Å². The Hall–Kier alpha value is -2.85. The number of benzene rings is 1. The number of carbonyl (C=O) groups excluding carboxylic acids is 1. The van der Waals surface area contributed by atoms with Crippen molar-refractivity contribution in [2.24, 2.45) is 0 Å². The molecule has 0 spiro atoms. The highest BCUT2D eigenvalue weighted by Gasteiger charge is 2.23. The summed E-state index contributed by atoms with van der Waals surface area (Å²) < 4.78 is 35.5. The Morgan fingerprint density at radius 1 is 1.15 bits per heavy atom. The molecule has 9 nitrogen and oxygen atoms in total. The largest absolute Gasteiger partial charge is 0.494 e. The summed E-state index contributed by atoms with van der Waals surface area (Å²) in [5.41, 5.74) is 0.464. The number of hydrogen-bond acceptors (Lipinski definition) is 6. The topological polar surface area (TPSA) is 126 Å². The molecule has 1 amide bonds. The Kier molecular flexibility index (Phi) is 6.59. The van der Waals surface area contributed by atoms with Gasteiger partial charge in [0.2, 0.25) is 5.09 Å². The Labute approximate surface area is 156 Å². The standard InChI is InChI=1S/C17H20N2O7S/c1-19(2)27(23,24)16-10-9-14(26-16)17(22)18-12-5-7-13(8-6-12)25-11-3-4-15(20)21/h5-10H,3-4,11H2,1-2H3,(H,18,22)(H,20,21). The summed E-state index contributed by atoms with van der Waals surface area (Å²) in [4.78, 5) is 22.6. The molecule has 1 aromatic carbocycles. The highest BCUT2D eigenvalue weighted by atomic mass is 32.2. The summed E-state index contributed by atoms with van der Waals surface area (Å²) in [5, 5.41) is 10.8. The average molecular weight is 396 g/mol. The zero-order valence-corrected chi connectivity index (χ0v) is 15.7.